The Bertz CT molecular complexity index is 1120. The Labute approximate surface area is 151 Å². The molecule has 0 amide bonds. The summed E-state index contributed by atoms with van der Waals surface area (Å²) in [5, 5.41) is 0.613. The number of benzene rings is 3. The number of methoxy groups -OCH3 is 1. The van der Waals surface area contributed by atoms with Crippen molar-refractivity contribution in [1.82, 2.24) is 9.55 Å². The van der Waals surface area contributed by atoms with Gasteiger partial charge in [0.2, 0.25) is 0 Å². The molecule has 0 aliphatic carbocycles. The first-order chi connectivity index (χ1) is 12.8. The van der Waals surface area contributed by atoms with E-state index in [4.69, 9.17) is 9.72 Å². The first-order valence-electron chi connectivity index (χ1n) is 8.45. The molecule has 0 aliphatic rings. The highest BCUT2D eigenvalue weighted by Crippen LogP contribution is 2.23. The maximum atomic E-state index is 13.2. The molecule has 0 saturated carbocycles. The Balaban J connectivity index is 1.97. The molecule has 0 aliphatic heterocycles. The van der Waals surface area contributed by atoms with E-state index in [1.54, 1.807) is 11.7 Å². The minimum Gasteiger partial charge on any atom is -0.496 e. The van der Waals surface area contributed by atoms with Crippen molar-refractivity contribution in [2.45, 2.75) is 6.54 Å². The summed E-state index contributed by atoms with van der Waals surface area (Å²) in [6.07, 6.45) is 0. The van der Waals surface area contributed by atoms with Gasteiger partial charge in [-0.1, -0.05) is 60.7 Å². The van der Waals surface area contributed by atoms with Gasteiger partial charge in [-0.05, 0) is 18.2 Å². The Hall–Kier alpha value is -3.40. The monoisotopic (exact) mass is 342 g/mol. The summed E-state index contributed by atoms with van der Waals surface area (Å²) >= 11 is 0. The molecular formula is C22H18N2O2. The molecule has 0 radical (unpaired) electrons. The maximum absolute atomic E-state index is 13.2. The number of nitrogens with zero attached hydrogens (tertiary/aromatic N) is 2. The molecule has 26 heavy (non-hydrogen) atoms. The zero-order valence-electron chi connectivity index (χ0n) is 14.4. The summed E-state index contributed by atoms with van der Waals surface area (Å²) in [4.78, 5) is 18.0. The van der Waals surface area contributed by atoms with E-state index in [0.717, 1.165) is 16.9 Å². The molecular weight excluding hydrogens is 324 g/mol. The molecule has 1 heterocycles. The van der Waals surface area contributed by atoms with Crippen molar-refractivity contribution in [2.75, 3.05) is 7.11 Å². The molecule has 4 nitrogen and oxygen atoms in total. The van der Waals surface area contributed by atoms with Gasteiger partial charge in [0.25, 0.3) is 5.56 Å². The number of hydrogen-bond acceptors (Lipinski definition) is 3. The molecule has 0 N–H and O–H groups in total. The Morgan fingerprint density at radius 1 is 0.885 bits per heavy atom. The molecule has 0 atom stereocenters. The topological polar surface area (TPSA) is 44.1 Å². The number of hydrogen-bond donors (Lipinski definition) is 0. The Morgan fingerprint density at radius 2 is 1.58 bits per heavy atom. The van der Waals surface area contributed by atoms with E-state index in [9.17, 15) is 4.79 Å². The van der Waals surface area contributed by atoms with Gasteiger partial charge in [-0.3, -0.25) is 9.36 Å². The third kappa shape index (κ3) is 2.86. The van der Waals surface area contributed by atoms with Crippen LogP contribution in [-0.2, 0) is 6.54 Å². The van der Waals surface area contributed by atoms with Gasteiger partial charge < -0.3 is 4.74 Å². The third-order valence-corrected chi connectivity index (χ3v) is 4.41. The van der Waals surface area contributed by atoms with Crippen LogP contribution < -0.4 is 10.3 Å². The number of para-hydroxylation sites is 2. The van der Waals surface area contributed by atoms with Gasteiger partial charge in [0, 0.05) is 11.1 Å². The third-order valence-electron chi connectivity index (χ3n) is 4.41. The molecule has 128 valence electrons. The lowest BCUT2D eigenvalue weighted by molar-refractivity contribution is 0.408. The minimum atomic E-state index is -0.0552. The first kappa shape index (κ1) is 16.1. The molecule has 4 heteroatoms. The number of aromatic nitrogens is 2. The zero-order valence-corrected chi connectivity index (χ0v) is 14.4. The standard InChI is InChI=1S/C22H18N2O2/c1-26-20-14-8-5-11-17(20)15-24-21(16-9-3-2-4-10-16)23-19-13-7-6-12-18(19)22(24)25/h2-14H,15H2,1H3. The van der Waals surface area contributed by atoms with E-state index in [1.807, 2.05) is 78.9 Å². The molecule has 0 bridgehead atoms. The van der Waals surface area contributed by atoms with Crippen LogP contribution in [0.1, 0.15) is 5.56 Å². The smallest absolute Gasteiger partial charge is 0.261 e. The molecule has 4 rings (SSSR count). The predicted molar refractivity (Wildman–Crippen MR) is 104 cm³/mol. The second kappa shape index (κ2) is 6.84. The summed E-state index contributed by atoms with van der Waals surface area (Å²) in [6.45, 7) is 0.394. The van der Waals surface area contributed by atoms with E-state index < -0.39 is 0 Å². The molecule has 1 aromatic heterocycles. The molecule has 0 unspecified atom stereocenters. The Kier molecular flexibility index (Phi) is 4.23. The maximum Gasteiger partial charge on any atom is 0.261 e. The van der Waals surface area contributed by atoms with Crippen LogP contribution >= 0.6 is 0 Å². The minimum absolute atomic E-state index is 0.0552. The van der Waals surface area contributed by atoms with Crippen LogP contribution in [0.4, 0.5) is 0 Å². The normalized spacial score (nSPS) is 10.8. The quantitative estimate of drug-likeness (QED) is 0.560. The van der Waals surface area contributed by atoms with Crippen LogP contribution in [0.3, 0.4) is 0 Å². The second-order valence-corrected chi connectivity index (χ2v) is 6.02. The van der Waals surface area contributed by atoms with E-state index in [2.05, 4.69) is 0 Å². The lowest BCUT2D eigenvalue weighted by atomic mass is 10.1. The SMILES string of the molecule is COc1ccccc1Cn1c(-c2ccccc2)nc2ccccc2c1=O. The van der Waals surface area contributed by atoms with Crippen molar-refractivity contribution in [2.24, 2.45) is 0 Å². The summed E-state index contributed by atoms with van der Waals surface area (Å²) < 4.78 is 7.17. The summed E-state index contributed by atoms with van der Waals surface area (Å²) in [5.41, 5.74) is 2.49. The van der Waals surface area contributed by atoms with Crippen LogP contribution in [0.2, 0.25) is 0 Å². The molecule has 0 spiro atoms. The predicted octanol–water partition coefficient (Wildman–Crippen LogP) is 4.12. The van der Waals surface area contributed by atoms with Crippen LogP contribution in [-0.4, -0.2) is 16.7 Å². The van der Waals surface area contributed by atoms with Gasteiger partial charge in [-0.15, -0.1) is 0 Å². The van der Waals surface area contributed by atoms with E-state index >= 15 is 0 Å². The van der Waals surface area contributed by atoms with Gasteiger partial charge in [-0.25, -0.2) is 4.98 Å². The average Bonchev–Trinajstić information content (AvgIpc) is 2.71. The number of rotatable bonds is 4. The lowest BCUT2D eigenvalue weighted by Crippen LogP contribution is -2.24. The lowest BCUT2D eigenvalue weighted by Gasteiger charge is -2.15. The van der Waals surface area contributed by atoms with E-state index in [-0.39, 0.29) is 5.56 Å². The highest BCUT2D eigenvalue weighted by molar-refractivity contribution is 5.79. The van der Waals surface area contributed by atoms with Crippen molar-refractivity contribution in [3.63, 3.8) is 0 Å². The number of fused-ring (bicyclic) bond motifs is 1. The first-order valence-corrected chi connectivity index (χ1v) is 8.45. The summed E-state index contributed by atoms with van der Waals surface area (Å²) in [7, 11) is 1.64. The van der Waals surface area contributed by atoms with Gasteiger partial charge in [-0.2, -0.15) is 0 Å². The number of ether oxygens (including phenoxy) is 1. The fourth-order valence-corrected chi connectivity index (χ4v) is 3.13. The van der Waals surface area contributed by atoms with Crippen molar-refractivity contribution in [3.05, 3.63) is 94.8 Å². The average molecular weight is 342 g/mol. The van der Waals surface area contributed by atoms with Crippen molar-refractivity contribution in [3.8, 4) is 17.1 Å². The molecule has 0 saturated heterocycles. The van der Waals surface area contributed by atoms with Crippen molar-refractivity contribution < 1.29 is 4.74 Å². The van der Waals surface area contributed by atoms with Gasteiger partial charge in [0.1, 0.15) is 11.6 Å². The van der Waals surface area contributed by atoms with Crippen molar-refractivity contribution in [1.29, 1.82) is 0 Å². The highest BCUT2D eigenvalue weighted by Gasteiger charge is 2.14. The van der Waals surface area contributed by atoms with Gasteiger partial charge in [0.05, 0.1) is 24.6 Å². The van der Waals surface area contributed by atoms with E-state index in [0.29, 0.717) is 23.3 Å². The van der Waals surface area contributed by atoms with Crippen LogP contribution in [0.25, 0.3) is 22.3 Å². The largest absolute Gasteiger partial charge is 0.496 e. The van der Waals surface area contributed by atoms with Crippen molar-refractivity contribution >= 4 is 10.9 Å². The summed E-state index contributed by atoms with van der Waals surface area (Å²) in [6, 6.07) is 25.0. The van der Waals surface area contributed by atoms with Gasteiger partial charge >= 0.3 is 0 Å². The second-order valence-electron chi connectivity index (χ2n) is 6.02. The highest BCUT2D eigenvalue weighted by atomic mass is 16.5. The fourth-order valence-electron chi connectivity index (χ4n) is 3.13. The molecule has 3 aromatic carbocycles. The molecule has 4 aromatic rings. The van der Waals surface area contributed by atoms with Crippen LogP contribution in [0.15, 0.2) is 83.7 Å². The zero-order chi connectivity index (χ0) is 17.9. The van der Waals surface area contributed by atoms with Crippen LogP contribution in [0.5, 0.6) is 5.75 Å². The van der Waals surface area contributed by atoms with E-state index in [1.165, 1.54) is 0 Å². The van der Waals surface area contributed by atoms with Gasteiger partial charge in [0.15, 0.2) is 0 Å². The van der Waals surface area contributed by atoms with Crippen LogP contribution in [0, 0.1) is 0 Å². The summed E-state index contributed by atoms with van der Waals surface area (Å²) in [5.74, 6) is 1.41. The Morgan fingerprint density at radius 3 is 2.38 bits per heavy atom. The fraction of sp³-hybridized carbons (Fsp3) is 0.0909. The molecule has 0 fully saturated rings.